The predicted molar refractivity (Wildman–Crippen MR) is 111 cm³/mol. The number of halogens is 2. The van der Waals surface area contributed by atoms with Crippen LogP contribution in [-0.2, 0) is 4.79 Å². The van der Waals surface area contributed by atoms with E-state index in [4.69, 9.17) is 5.73 Å². The van der Waals surface area contributed by atoms with Crippen LogP contribution in [0.4, 0.5) is 19.3 Å². The highest BCUT2D eigenvalue weighted by Gasteiger charge is 2.25. The van der Waals surface area contributed by atoms with Gasteiger partial charge in [0.25, 0.3) is 0 Å². The Morgan fingerprint density at radius 1 is 1.13 bits per heavy atom. The van der Waals surface area contributed by atoms with Gasteiger partial charge in [0.1, 0.15) is 11.9 Å². The summed E-state index contributed by atoms with van der Waals surface area (Å²) in [5, 5.41) is 5.17. The SMILES string of the molecule is CC[C@@H](C)[C@@H](NC(N)=O)C(=O)Nc1ccc(-c2nc3ccccc3n2C(F)F)cc1. The van der Waals surface area contributed by atoms with E-state index in [1.807, 2.05) is 13.8 Å². The van der Waals surface area contributed by atoms with E-state index in [2.05, 4.69) is 15.6 Å². The number of anilines is 1. The fourth-order valence-electron chi connectivity index (χ4n) is 3.22. The minimum absolute atomic E-state index is 0.122. The Labute approximate surface area is 172 Å². The lowest BCUT2D eigenvalue weighted by molar-refractivity contribution is -0.119. The third-order valence-corrected chi connectivity index (χ3v) is 4.99. The zero-order valence-electron chi connectivity index (χ0n) is 16.6. The van der Waals surface area contributed by atoms with Crippen LogP contribution in [0.15, 0.2) is 48.5 Å². The first kappa shape index (κ1) is 21.2. The van der Waals surface area contributed by atoms with Crippen LogP contribution >= 0.6 is 0 Å². The number of imidazole rings is 1. The molecule has 1 aromatic heterocycles. The second kappa shape index (κ2) is 8.89. The summed E-state index contributed by atoms with van der Waals surface area (Å²) in [6.07, 6.45) is 0.668. The minimum Gasteiger partial charge on any atom is -0.352 e. The van der Waals surface area contributed by atoms with Crippen LogP contribution in [0, 0.1) is 5.92 Å². The van der Waals surface area contributed by atoms with Crippen molar-refractivity contribution in [1.82, 2.24) is 14.9 Å². The van der Waals surface area contributed by atoms with Crippen molar-refractivity contribution in [3.63, 3.8) is 0 Å². The summed E-state index contributed by atoms with van der Waals surface area (Å²) >= 11 is 0. The van der Waals surface area contributed by atoms with Gasteiger partial charge >= 0.3 is 12.6 Å². The Morgan fingerprint density at radius 2 is 1.80 bits per heavy atom. The van der Waals surface area contributed by atoms with Gasteiger partial charge in [0.2, 0.25) is 5.91 Å². The van der Waals surface area contributed by atoms with Crippen molar-refractivity contribution in [1.29, 1.82) is 0 Å². The van der Waals surface area contributed by atoms with Gasteiger partial charge in [-0.3, -0.25) is 9.36 Å². The van der Waals surface area contributed by atoms with Crippen molar-refractivity contribution in [3.8, 4) is 11.4 Å². The molecule has 0 spiro atoms. The number of benzene rings is 2. The summed E-state index contributed by atoms with van der Waals surface area (Å²) in [5.74, 6) is -0.393. The molecule has 158 valence electrons. The van der Waals surface area contributed by atoms with Crippen LogP contribution < -0.4 is 16.4 Å². The van der Waals surface area contributed by atoms with Gasteiger partial charge in [0.15, 0.2) is 0 Å². The van der Waals surface area contributed by atoms with Crippen LogP contribution in [0.2, 0.25) is 0 Å². The van der Waals surface area contributed by atoms with Crippen molar-refractivity contribution >= 4 is 28.7 Å². The van der Waals surface area contributed by atoms with Crippen molar-refractivity contribution in [2.75, 3.05) is 5.32 Å². The number of nitrogens with two attached hydrogens (primary N) is 1. The predicted octanol–water partition coefficient (Wildman–Crippen LogP) is 4.12. The number of hydrogen-bond acceptors (Lipinski definition) is 3. The number of nitrogens with one attached hydrogen (secondary N) is 2. The van der Waals surface area contributed by atoms with E-state index in [-0.39, 0.29) is 11.7 Å². The molecule has 0 saturated carbocycles. The molecular formula is C21H23F2N5O2. The van der Waals surface area contributed by atoms with Gasteiger partial charge in [-0.1, -0.05) is 32.4 Å². The van der Waals surface area contributed by atoms with E-state index in [1.165, 1.54) is 0 Å². The van der Waals surface area contributed by atoms with E-state index in [0.717, 1.165) is 4.57 Å². The topological polar surface area (TPSA) is 102 Å². The van der Waals surface area contributed by atoms with Crippen molar-refractivity contribution in [3.05, 3.63) is 48.5 Å². The molecule has 3 rings (SSSR count). The van der Waals surface area contributed by atoms with Crippen LogP contribution in [-0.4, -0.2) is 27.5 Å². The number of hydrogen-bond donors (Lipinski definition) is 3. The maximum atomic E-state index is 13.7. The molecule has 9 heteroatoms. The van der Waals surface area contributed by atoms with Crippen molar-refractivity contribution in [2.24, 2.45) is 11.7 Å². The number of fused-ring (bicyclic) bond motifs is 1. The van der Waals surface area contributed by atoms with Crippen LogP contribution in [0.1, 0.15) is 26.8 Å². The first-order valence-corrected chi connectivity index (χ1v) is 9.54. The molecule has 0 fully saturated rings. The van der Waals surface area contributed by atoms with E-state index >= 15 is 0 Å². The molecule has 3 amide bonds. The summed E-state index contributed by atoms with van der Waals surface area (Å²) < 4.78 is 28.2. The van der Waals surface area contributed by atoms with E-state index in [9.17, 15) is 18.4 Å². The fraction of sp³-hybridized carbons (Fsp3) is 0.286. The lowest BCUT2D eigenvalue weighted by Gasteiger charge is -2.22. The first-order chi connectivity index (χ1) is 14.3. The Balaban J connectivity index is 1.85. The van der Waals surface area contributed by atoms with Crippen molar-refractivity contribution < 1.29 is 18.4 Å². The Hall–Kier alpha value is -3.49. The Bertz CT molecular complexity index is 1050. The largest absolute Gasteiger partial charge is 0.352 e. The first-order valence-electron chi connectivity index (χ1n) is 9.54. The molecule has 1 heterocycles. The standard InChI is InChI=1S/C21H23F2N5O2/c1-3-12(2)17(27-21(24)30)19(29)25-14-10-8-13(9-11-14)18-26-15-6-4-5-7-16(15)28(18)20(22)23/h4-12,17,20H,3H2,1-2H3,(H,25,29)(H3,24,27,30)/t12-,17-/m1/s1. The number of nitrogens with zero attached hydrogens (tertiary/aromatic N) is 2. The zero-order chi connectivity index (χ0) is 21.8. The highest BCUT2D eigenvalue weighted by Crippen LogP contribution is 2.30. The number of alkyl halides is 2. The molecule has 4 N–H and O–H groups in total. The molecule has 0 aliphatic rings. The Morgan fingerprint density at radius 3 is 2.40 bits per heavy atom. The average Bonchev–Trinajstić information content (AvgIpc) is 3.11. The third kappa shape index (κ3) is 4.40. The van der Waals surface area contributed by atoms with Gasteiger partial charge < -0.3 is 16.4 Å². The zero-order valence-corrected chi connectivity index (χ0v) is 16.6. The van der Waals surface area contributed by atoms with Crippen molar-refractivity contribution in [2.45, 2.75) is 32.9 Å². The van der Waals surface area contributed by atoms with Gasteiger partial charge in [0, 0.05) is 11.3 Å². The van der Waals surface area contributed by atoms with E-state index in [0.29, 0.717) is 28.7 Å². The normalized spacial score (nSPS) is 13.2. The lowest BCUT2D eigenvalue weighted by atomic mass is 9.98. The number of rotatable bonds is 7. The summed E-state index contributed by atoms with van der Waals surface area (Å²) in [5.41, 5.74) is 6.93. The number of primary amides is 1. The smallest absolute Gasteiger partial charge is 0.320 e. The monoisotopic (exact) mass is 415 g/mol. The maximum absolute atomic E-state index is 13.7. The molecule has 0 bridgehead atoms. The molecule has 2 atom stereocenters. The molecule has 0 unspecified atom stereocenters. The van der Waals surface area contributed by atoms with E-state index < -0.39 is 24.5 Å². The van der Waals surface area contributed by atoms with Gasteiger partial charge in [-0.2, -0.15) is 8.78 Å². The number of aromatic nitrogens is 2. The van der Waals surface area contributed by atoms with Gasteiger partial charge in [-0.05, 0) is 42.3 Å². The fourth-order valence-corrected chi connectivity index (χ4v) is 3.22. The summed E-state index contributed by atoms with van der Waals surface area (Å²) in [7, 11) is 0. The second-order valence-electron chi connectivity index (χ2n) is 7.01. The number of urea groups is 1. The molecule has 7 nitrogen and oxygen atoms in total. The quantitative estimate of drug-likeness (QED) is 0.541. The second-order valence-corrected chi connectivity index (χ2v) is 7.01. The number of carbonyl (C=O) groups is 2. The van der Waals surface area contributed by atoms with Gasteiger partial charge in [0.05, 0.1) is 11.0 Å². The van der Waals surface area contributed by atoms with Gasteiger partial charge in [-0.15, -0.1) is 0 Å². The van der Waals surface area contributed by atoms with Crippen LogP contribution in [0.3, 0.4) is 0 Å². The molecule has 2 aromatic carbocycles. The third-order valence-electron chi connectivity index (χ3n) is 4.99. The molecule has 0 radical (unpaired) electrons. The summed E-state index contributed by atoms with van der Waals surface area (Å²) in [6.45, 7) is 0.985. The molecule has 0 aliphatic carbocycles. The number of carbonyl (C=O) groups excluding carboxylic acids is 2. The summed E-state index contributed by atoms with van der Waals surface area (Å²) in [6, 6.07) is 11.5. The summed E-state index contributed by atoms with van der Waals surface area (Å²) in [4.78, 5) is 28.1. The lowest BCUT2D eigenvalue weighted by Crippen LogP contribution is -2.49. The highest BCUT2D eigenvalue weighted by molar-refractivity contribution is 5.97. The van der Waals surface area contributed by atoms with Crippen LogP contribution in [0.5, 0.6) is 0 Å². The highest BCUT2D eigenvalue weighted by atomic mass is 19.3. The molecule has 0 aliphatic heterocycles. The maximum Gasteiger partial charge on any atom is 0.320 e. The number of para-hydroxylation sites is 2. The average molecular weight is 415 g/mol. The molecular weight excluding hydrogens is 392 g/mol. The number of amides is 3. The van der Waals surface area contributed by atoms with Gasteiger partial charge in [-0.25, -0.2) is 9.78 Å². The van der Waals surface area contributed by atoms with Crippen LogP contribution in [0.25, 0.3) is 22.4 Å². The minimum atomic E-state index is -2.75. The molecule has 0 saturated heterocycles. The molecule has 30 heavy (non-hydrogen) atoms. The Kier molecular flexibility index (Phi) is 6.29. The molecule has 3 aromatic rings. The van der Waals surface area contributed by atoms with E-state index in [1.54, 1.807) is 48.5 Å².